The topological polar surface area (TPSA) is 66.8 Å². The Morgan fingerprint density at radius 1 is 1.36 bits per heavy atom. The van der Waals surface area contributed by atoms with Crippen molar-refractivity contribution in [1.29, 1.82) is 0 Å². The number of ether oxygens (including phenoxy) is 1. The largest absolute Gasteiger partial charge is 0.478 e. The summed E-state index contributed by atoms with van der Waals surface area (Å²) in [5.74, 6) is -0.612. The van der Waals surface area contributed by atoms with Gasteiger partial charge in [-0.15, -0.1) is 0 Å². The number of likely N-dealkylation sites (tertiary alicyclic amines) is 1. The number of hydrogen-bond donors (Lipinski definition) is 1. The molecule has 22 heavy (non-hydrogen) atoms. The number of carbonyl (C=O) groups excluding carboxylic acids is 1. The Hall–Kier alpha value is -1.88. The Morgan fingerprint density at radius 3 is 2.86 bits per heavy atom. The smallest absolute Gasteiger partial charge is 0.335 e. The van der Waals surface area contributed by atoms with Crippen molar-refractivity contribution in [3.05, 3.63) is 35.4 Å². The number of amides is 1. The second-order valence-corrected chi connectivity index (χ2v) is 5.65. The van der Waals surface area contributed by atoms with Crippen molar-refractivity contribution in [3.8, 4) is 0 Å². The Bertz CT molecular complexity index is 529. The average molecular weight is 305 g/mol. The lowest BCUT2D eigenvalue weighted by atomic mass is 9.97. The minimum atomic E-state index is -0.990. The minimum absolute atomic E-state index is 0.00472. The van der Waals surface area contributed by atoms with Gasteiger partial charge in [0.05, 0.1) is 18.6 Å². The maximum atomic E-state index is 12.5. The molecule has 0 saturated carbocycles. The molecule has 120 valence electrons. The molecule has 0 aliphatic carbocycles. The third-order valence-electron chi connectivity index (χ3n) is 4.02. The zero-order valence-corrected chi connectivity index (χ0v) is 13.0. The first-order chi connectivity index (χ1) is 10.6. The van der Waals surface area contributed by atoms with E-state index in [2.05, 4.69) is 0 Å². The van der Waals surface area contributed by atoms with E-state index in [0.29, 0.717) is 31.2 Å². The molecule has 1 saturated heterocycles. The number of benzene rings is 1. The van der Waals surface area contributed by atoms with Crippen LogP contribution in [0.2, 0.25) is 0 Å². The van der Waals surface area contributed by atoms with Crippen LogP contribution in [0.15, 0.2) is 24.3 Å². The lowest BCUT2D eigenvalue weighted by Crippen LogP contribution is -2.42. The van der Waals surface area contributed by atoms with Gasteiger partial charge in [0.1, 0.15) is 0 Å². The van der Waals surface area contributed by atoms with E-state index in [-0.39, 0.29) is 17.9 Å². The first kappa shape index (κ1) is 16.5. The van der Waals surface area contributed by atoms with Gasteiger partial charge in [0.15, 0.2) is 0 Å². The normalized spacial score (nSPS) is 18.2. The van der Waals surface area contributed by atoms with Crippen LogP contribution >= 0.6 is 0 Å². The van der Waals surface area contributed by atoms with Gasteiger partial charge in [-0.25, -0.2) is 4.79 Å². The summed E-state index contributed by atoms with van der Waals surface area (Å²) in [6, 6.07) is 6.70. The van der Waals surface area contributed by atoms with Crippen LogP contribution in [0.25, 0.3) is 0 Å². The zero-order chi connectivity index (χ0) is 15.9. The molecule has 0 radical (unpaired) electrons. The summed E-state index contributed by atoms with van der Waals surface area (Å²) < 4.78 is 5.45. The van der Waals surface area contributed by atoms with Crippen molar-refractivity contribution in [3.63, 3.8) is 0 Å². The van der Waals surface area contributed by atoms with Gasteiger partial charge in [0.2, 0.25) is 5.91 Å². The molecule has 1 unspecified atom stereocenters. The molecule has 1 aromatic rings. The third-order valence-corrected chi connectivity index (χ3v) is 4.02. The second kappa shape index (κ2) is 7.94. The van der Waals surface area contributed by atoms with E-state index in [0.717, 1.165) is 19.4 Å². The number of carbonyl (C=O) groups is 2. The molecule has 1 atom stereocenters. The van der Waals surface area contributed by atoms with Gasteiger partial charge in [-0.3, -0.25) is 4.79 Å². The van der Waals surface area contributed by atoms with Crippen LogP contribution in [0.5, 0.6) is 0 Å². The van der Waals surface area contributed by atoms with Gasteiger partial charge in [-0.2, -0.15) is 0 Å². The summed E-state index contributed by atoms with van der Waals surface area (Å²) >= 11 is 0. The number of carboxylic acid groups (broad SMARTS) is 1. The summed E-state index contributed by atoms with van der Waals surface area (Å²) in [5, 5.41) is 9.19. The second-order valence-electron chi connectivity index (χ2n) is 5.65. The number of aromatic carboxylic acids is 1. The van der Waals surface area contributed by atoms with Crippen LogP contribution in [0.4, 0.5) is 0 Å². The van der Waals surface area contributed by atoms with Gasteiger partial charge < -0.3 is 14.7 Å². The highest BCUT2D eigenvalue weighted by Gasteiger charge is 2.24. The quantitative estimate of drug-likeness (QED) is 0.875. The molecule has 1 N–H and O–H groups in total. The molecule has 1 aromatic carbocycles. The molecule has 1 aliphatic heterocycles. The van der Waals surface area contributed by atoms with Gasteiger partial charge in [-0.05, 0) is 37.3 Å². The summed E-state index contributed by atoms with van der Waals surface area (Å²) in [6.07, 6.45) is 2.20. The minimum Gasteiger partial charge on any atom is -0.478 e. The predicted molar refractivity (Wildman–Crippen MR) is 82.9 cm³/mol. The molecule has 0 spiro atoms. The number of piperidine rings is 1. The molecular formula is C17H23NO4. The van der Waals surface area contributed by atoms with Crippen molar-refractivity contribution >= 4 is 11.9 Å². The summed E-state index contributed by atoms with van der Waals surface area (Å²) in [6.45, 7) is 4.79. The maximum Gasteiger partial charge on any atom is 0.335 e. The molecule has 5 nitrogen and oxygen atoms in total. The van der Waals surface area contributed by atoms with Crippen molar-refractivity contribution < 1.29 is 19.4 Å². The number of nitrogens with zero attached hydrogens (tertiary/aromatic N) is 1. The van der Waals surface area contributed by atoms with Gasteiger partial charge in [0.25, 0.3) is 0 Å². The van der Waals surface area contributed by atoms with Crippen molar-refractivity contribution in [2.24, 2.45) is 5.92 Å². The lowest BCUT2D eigenvalue weighted by molar-refractivity contribution is -0.132. The fraction of sp³-hybridized carbons (Fsp3) is 0.529. The Labute approximate surface area is 130 Å². The van der Waals surface area contributed by atoms with Crippen LogP contribution in [-0.2, 0) is 16.0 Å². The maximum absolute atomic E-state index is 12.5. The third kappa shape index (κ3) is 4.31. The average Bonchev–Trinajstić information content (AvgIpc) is 2.53. The van der Waals surface area contributed by atoms with E-state index in [1.54, 1.807) is 24.3 Å². The van der Waals surface area contributed by atoms with Crippen LogP contribution in [0, 0.1) is 5.92 Å². The van der Waals surface area contributed by atoms with E-state index < -0.39 is 5.97 Å². The molecule has 2 rings (SSSR count). The highest BCUT2D eigenvalue weighted by molar-refractivity contribution is 5.91. The molecular weight excluding hydrogens is 282 g/mol. The Morgan fingerprint density at radius 2 is 2.14 bits per heavy atom. The fourth-order valence-electron chi connectivity index (χ4n) is 2.87. The zero-order valence-electron chi connectivity index (χ0n) is 13.0. The number of rotatable bonds is 6. The van der Waals surface area contributed by atoms with Crippen LogP contribution in [0.3, 0.4) is 0 Å². The molecule has 0 aromatic heterocycles. The number of hydrogen-bond acceptors (Lipinski definition) is 3. The Kier molecular flexibility index (Phi) is 5.95. The highest BCUT2D eigenvalue weighted by Crippen LogP contribution is 2.19. The van der Waals surface area contributed by atoms with Crippen molar-refractivity contribution in [1.82, 2.24) is 4.90 Å². The molecule has 1 fully saturated rings. The van der Waals surface area contributed by atoms with E-state index in [1.165, 1.54) is 0 Å². The summed E-state index contributed by atoms with van der Waals surface area (Å²) in [5.41, 5.74) is 0.783. The lowest BCUT2D eigenvalue weighted by Gasteiger charge is -2.32. The summed E-state index contributed by atoms with van der Waals surface area (Å²) in [7, 11) is 0. The van der Waals surface area contributed by atoms with Gasteiger partial charge in [0, 0.05) is 19.7 Å². The SMILES string of the molecule is CCOCC1CCCN(C(=O)Cc2ccccc2C(=O)O)C1. The van der Waals surface area contributed by atoms with E-state index in [1.807, 2.05) is 11.8 Å². The van der Waals surface area contributed by atoms with E-state index in [9.17, 15) is 14.7 Å². The van der Waals surface area contributed by atoms with Crippen LogP contribution in [-0.4, -0.2) is 48.2 Å². The molecule has 1 heterocycles. The number of carboxylic acids is 1. The van der Waals surface area contributed by atoms with E-state index in [4.69, 9.17) is 4.74 Å². The molecule has 1 amide bonds. The van der Waals surface area contributed by atoms with Gasteiger partial charge >= 0.3 is 5.97 Å². The van der Waals surface area contributed by atoms with Gasteiger partial charge in [-0.1, -0.05) is 18.2 Å². The van der Waals surface area contributed by atoms with Crippen LogP contribution in [0.1, 0.15) is 35.7 Å². The predicted octanol–water partition coefficient (Wildman–Crippen LogP) is 2.20. The first-order valence-electron chi connectivity index (χ1n) is 7.78. The Balaban J connectivity index is 1.98. The monoisotopic (exact) mass is 305 g/mol. The van der Waals surface area contributed by atoms with Crippen LogP contribution < -0.4 is 0 Å². The summed E-state index contributed by atoms with van der Waals surface area (Å²) in [4.78, 5) is 25.5. The standard InChI is InChI=1S/C17H23NO4/c1-2-22-12-13-6-5-9-18(11-13)16(19)10-14-7-3-4-8-15(14)17(20)21/h3-4,7-8,13H,2,5-6,9-12H2,1H3,(H,20,21). The molecule has 5 heteroatoms. The van der Waals surface area contributed by atoms with Crippen molar-refractivity contribution in [2.45, 2.75) is 26.2 Å². The van der Waals surface area contributed by atoms with Crippen molar-refractivity contribution in [2.75, 3.05) is 26.3 Å². The first-order valence-corrected chi connectivity index (χ1v) is 7.78. The molecule has 0 bridgehead atoms. The highest BCUT2D eigenvalue weighted by atomic mass is 16.5. The fourth-order valence-corrected chi connectivity index (χ4v) is 2.87. The molecule has 1 aliphatic rings. The van der Waals surface area contributed by atoms with E-state index >= 15 is 0 Å².